The molecule has 76 valence electrons. The lowest BCUT2D eigenvalue weighted by Gasteiger charge is -1.91. The van der Waals surface area contributed by atoms with Gasteiger partial charge in [-0.2, -0.15) is 0 Å². The number of carboxylic acids is 1. The normalized spacial score (nSPS) is 11.2. The van der Waals surface area contributed by atoms with E-state index in [1.807, 2.05) is 12.1 Å². The predicted molar refractivity (Wildman–Crippen MR) is 60.7 cm³/mol. The van der Waals surface area contributed by atoms with Gasteiger partial charge in [0, 0.05) is 27.2 Å². The third kappa shape index (κ3) is 1.97. The van der Waals surface area contributed by atoms with Crippen LogP contribution in [0.4, 0.5) is 5.82 Å². The Labute approximate surface area is 89.7 Å². The van der Waals surface area contributed by atoms with Gasteiger partial charge in [-0.1, -0.05) is 0 Å². The van der Waals surface area contributed by atoms with Crippen molar-refractivity contribution in [1.29, 1.82) is 0 Å². The van der Waals surface area contributed by atoms with Gasteiger partial charge in [0.05, 0.1) is 0 Å². The van der Waals surface area contributed by atoms with Crippen LogP contribution in [0.15, 0.2) is 24.4 Å². The molecule has 0 bridgehead atoms. The first-order valence-electron chi connectivity index (χ1n) is 4.22. The summed E-state index contributed by atoms with van der Waals surface area (Å²) in [6, 6.07) is 3.69. The first-order chi connectivity index (χ1) is 7.16. The fourth-order valence-corrected chi connectivity index (χ4v) is 2.21. The van der Waals surface area contributed by atoms with Crippen molar-refractivity contribution in [3.63, 3.8) is 0 Å². The molecule has 0 atom stereocenters. The number of fused-ring (bicyclic) bond motifs is 1. The van der Waals surface area contributed by atoms with Gasteiger partial charge < -0.3 is 10.8 Å². The van der Waals surface area contributed by atoms with Gasteiger partial charge >= 0.3 is 5.97 Å². The Balaban J connectivity index is 2.48. The number of aromatic nitrogens is 1. The molecule has 0 aliphatic rings. The molecule has 0 saturated heterocycles. The fourth-order valence-electron chi connectivity index (χ4n) is 1.24. The maximum absolute atomic E-state index is 10.3. The molecule has 0 saturated carbocycles. The van der Waals surface area contributed by atoms with E-state index < -0.39 is 5.97 Å². The molecule has 0 amide bonds. The summed E-state index contributed by atoms with van der Waals surface area (Å²) in [7, 11) is 0. The largest absolute Gasteiger partial charge is 0.478 e. The molecule has 0 fully saturated rings. The molecule has 5 heteroatoms. The van der Waals surface area contributed by atoms with Crippen LogP contribution in [0.1, 0.15) is 4.88 Å². The molecule has 2 aromatic rings. The number of nitrogens with two attached hydrogens (primary N) is 1. The molecule has 2 aromatic heterocycles. The Bertz CT molecular complexity index is 545. The molecule has 0 radical (unpaired) electrons. The third-order valence-electron chi connectivity index (χ3n) is 1.89. The van der Waals surface area contributed by atoms with E-state index in [0.29, 0.717) is 5.82 Å². The quantitative estimate of drug-likeness (QED) is 0.759. The Kier molecular flexibility index (Phi) is 2.39. The van der Waals surface area contributed by atoms with Gasteiger partial charge in [-0.25, -0.2) is 9.78 Å². The monoisotopic (exact) mass is 220 g/mol. The van der Waals surface area contributed by atoms with Crippen LogP contribution in [-0.4, -0.2) is 16.1 Å². The Morgan fingerprint density at radius 3 is 3.07 bits per heavy atom. The summed E-state index contributed by atoms with van der Waals surface area (Å²) in [6.07, 6.45) is 4.29. The topological polar surface area (TPSA) is 76.2 Å². The highest BCUT2D eigenvalue weighted by Crippen LogP contribution is 2.28. The van der Waals surface area contributed by atoms with Gasteiger partial charge in [0.15, 0.2) is 0 Å². The van der Waals surface area contributed by atoms with Gasteiger partial charge in [0.2, 0.25) is 0 Å². The summed E-state index contributed by atoms with van der Waals surface area (Å²) in [6.45, 7) is 0. The number of carboxylic acid groups (broad SMARTS) is 1. The first-order valence-corrected chi connectivity index (χ1v) is 5.03. The van der Waals surface area contributed by atoms with Crippen LogP contribution in [0.2, 0.25) is 0 Å². The van der Waals surface area contributed by atoms with Crippen LogP contribution in [0, 0.1) is 0 Å². The Morgan fingerprint density at radius 1 is 1.60 bits per heavy atom. The summed E-state index contributed by atoms with van der Waals surface area (Å²) in [5, 5.41) is 9.35. The SMILES string of the molecule is Nc1nccc2sc(/C=C/C(=O)O)cc12. The van der Waals surface area contributed by atoms with Gasteiger partial charge in [0.1, 0.15) is 5.82 Å². The van der Waals surface area contributed by atoms with Crippen LogP contribution in [0.3, 0.4) is 0 Å². The van der Waals surface area contributed by atoms with Crippen molar-refractivity contribution in [2.24, 2.45) is 0 Å². The van der Waals surface area contributed by atoms with E-state index in [9.17, 15) is 4.79 Å². The van der Waals surface area contributed by atoms with Crippen LogP contribution >= 0.6 is 11.3 Å². The average molecular weight is 220 g/mol. The number of carbonyl (C=O) groups is 1. The fraction of sp³-hybridized carbons (Fsp3) is 0. The average Bonchev–Trinajstić information content (AvgIpc) is 2.59. The third-order valence-corrected chi connectivity index (χ3v) is 2.95. The summed E-state index contributed by atoms with van der Waals surface area (Å²) in [4.78, 5) is 15.1. The molecular weight excluding hydrogens is 212 g/mol. The number of aliphatic carboxylic acids is 1. The number of hydrogen-bond donors (Lipinski definition) is 2. The minimum Gasteiger partial charge on any atom is -0.478 e. The second-order valence-corrected chi connectivity index (χ2v) is 4.04. The lowest BCUT2D eigenvalue weighted by molar-refractivity contribution is -0.131. The lowest BCUT2D eigenvalue weighted by Crippen LogP contribution is -1.87. The number of rotatable bonds is 2. The van der Waals surface area contributed by atoms with E-state index in [1.165, 1.54) is 11.3 Å². The zero-order valence-electron chi connectivity index (χ0n) is 7.68. The van der Waals surface area contributed by atoms with Crippen molar-refractivity contribution >= 4 is 39.3 Å². The summed E-state index contributed by atoms with van der Waals surface area (Å²) < 4.78 is 1.01. The smallest absolute Gasteiger partial charge is 0.328 e. The standard InChI is InChI=1S/C10H8N2O2S/c11-10-7-5-6(1-2-9(13)14)15-8(7)3-4-12-10/h1-5H,(H2,11,12)(H,13,14)/b2-1+. The second-order valence-electron chi connectivity index (χ2n) is 2.93. The van der Waals surface area contributed by atoms with E-state index in [-0.39, 0.29) is 0 Å². The number of pyridine rings is 1. The van der Waals surface area contributed by atoms with Gasteiger partial charge in [-0.15, -0.1) is 11.3 Å². The van der Waals surface area contributed by atoms with Gasteiger partial charge in [-0.05, 0) is 18.2 Å². The highest BCUT2D eigenvalue weighted by molar-refractivity contribution is 7.19. The maximum Gasteiger partial charge on any atom is 0.328 e. The molecule has 0 unspecified atom stereocenters. The Morgan fingerprint density at radius 2 is 2.40 bits per heavy atom. The van der Waals surface area contributed by atoms with E-state index >= 15 is 0 Å². The molecule has 0 aliphatic heterocycles. The molecule has 0 aliphatic carbocycles. The molecule has 2 rings (SSSR count). The molecule has 4 nitrogen and oxygen atoms in total. The van der Waals surface area contributed by atoms with Crippen molar-refractivity contribution in [3.8, 4) is 0 Å². The summed E-state index contributed by atoms with van der Waals surface area (Å²) in [5.74, 6) is -0.489. The predicted octanol–water partition coefficient (Wildman–Crippen LogP) is 1.98. The number of nitrogen functional groups attached to an aromatic ring is 1. The van der Waals surface area contributed by atoms with Crippen LogP contribution in [-0.2, 0) is 4.79 Å². The molecule has 0 aromatic carbocycles. The summed E-state index contributed by atoms with van der Waals surface area (Å²) >= 11 is 1.48. The van der Waals surface area contributed by atoms with Crippen molar-refractivity contribution in [2.45, 2.75) is 0 Å². The van der Waals surface area contributed by atoms with Gasteiger partial charge in [-0.3, -0.25) is 0 Å². The second kappa shape index (κ2) is 3.70. The number of anilines is 1. The van der Waals surface area contributed by atoms with Crippen LogP contribution in [0.5, 0.6) is 0 Å². The molecule has 0 spiro atoms. The van der Waals surface area contributed by atoms with Crippen LogP contribution in [0.25, 0.3) is 16.2 Å². The van der Waals surface area contributed by atoms with Crippen molar-refractivity contribution in [2.75, 3.05) is 5.73 Å². The van der Waals surface area contributed by atoms with Crippen molar-refractivity contribution in [3.05, 3.63) is 29.3 Å². The van der Waals surface area contributed by atoms with Crippen LogP contribution < -0.4 is 5.73 Å². The lowest BCUT2D eigenvalue weighted by atomic mass is 10.3. The van der Waals surface area contributed by atoms with Crippen molar-refractivity contribution < 1.29 is 9.90 Å². The zero-order chi connectivity index (χ0) is 10.8. The summed E-state index contributed by atoms with van der Waals surface area (Å²) in [5.41, 5.74) is 5.68. The number of hydrogen-bond acceptors (Lipinski definition) is 4. The molecular formula is C10H8N2O2S. The molecule has 2 heterocycles. The number of thiophene rings is 1. The van der Waals surface area contributed by atoms with E-state index in [4.69, 9.17) is 10.8 Å². The Hall–Kier alpha value is -1.88. The first kappa shape index (κ1) is 9.67. The minimum atomic E-state index is -0.960. The van der Waals surface area contributed by atoms with E-state index in [2.05, 4.69) is 4.98 Å². The zero-order valence-corrected chi connectivity index (χ0v) is 8.49. The molecule has 3 N–H and O–H groups in total. The minimum absolute atomic E-state index is 0.471. The van der Waals surface area contributed by atoms with Crippen molar-refractivity contribution in [1.82, 2.24) is 4.98 Å². The van der Waals surface area contributed by atoms with E-state index in [0.717, 1.165) is 21.0 Å². The maximum atomic E-state index is 10.3. The highest BCUT2D eigenvalue weighted by atomic mass is 32.1. The molecule has 15 heavy (non-hydrogen) atoms. The highest BCUT2D eigenvalue weighted by Gasteiger charge is 2.02. The van der Waals surface area contributed by atoms with E-state index in [1.54, 1.807) is 12.3 Å². The number of nitrogens with zero attached hydrogens (tertiary/aromatic N) is 1. The van der Waals surface area contributed by atoms with Gasteiger partial charge in [0.25, 0.3) is 0 Å².